The number of aromatic amines is 1. The molecule has 4 heteroatoms. The molecule has 3 nitrogen and oxygen atoms in total. The van der Waals surface area contributed by atoms with Gasteiger partial charge in [0.05, 0.1) is 11.1 Å². The highest BCUT2D eigenvalue weighted by atomic mass is 35.5. The Balaban J connectivity index is 1.93. The minimum atomic E-state index is -0.155. The van der Waals surface area contributed by atoms with Crippen molar-refractivity contribution in [3.63, 3.8) is 0 Å². The van der Waals surface area contributed by atoms with Gasteiger partial charge in [-0.05, 0) is 36.8 Å². The van der Waals surface area contributed by atoms with Crippen LogP contribution in [0.15, 0.2) is 48.7 Å². The quantitative estimate of drug-likeness (QED) is 0.720. The largest absolute Gasteiger partial charge is 0.361 e. The second-order valence-corrected chi connectivity index (χ2v) is 5.07. The standard InChI is InChI=1S/C16H13ClN2O/c1-10-5-6-12(9-14(10)17)19-16(20)13-4-2-3-11-7-8-18-15(11)13/h2-9,18H,1H3,(H,19,20). The Hall–Kier alpha value is -2.26. The van der Waals surface area contributed by atoms with Gasteiger partial charge in [0.15, 0.2) is 0 Å². The summed E-state index contributed by atoms with van der Waals surface area (Å²) in [5.74, 6) is -0.155. The molecular formula is C16H13ClN2O. The molecule has 0 radical (unpaired) electrons. The van der Waals surface area contributed by atoms with Crippen LogP contribution in [0.4, 0.5) is 5.69 Å². The second kappa shape index (κ2) is 5.02. The van der Waals surface area contributed by atoms with Crippen LogP contribution < -0.4 is 5.32 Å². The molecule has 0 spiro atoms. The van der Waals surface area contributed by atoms with Crippen LogP contribution in [0, 0.1) is 6.92 Å². The highest BCUT2D eigenvalue weighted by molar-refractivity contribution is 6.31. The molecule has 0 aliphatic rings. The van der Waals surface area contributed by atoms with E-state index in [-0.39, 0.29) is 5.91 Å². The first-order valence-electron chi connectivity index (χ1n) is 6.29. The maximum absolute atomic E-state index is 12.3. The molecule has 0 saturated carbocycles. The molecular weight excluding hydrogens is 272 g/mol. The van der Waals surface area contributed by atoms with Gasteiger partial charge >= 0.3 is 0 Å². The molecule has 2 N–H and O–H groups in total. The van der Waals surface area contributed by atoms with Gasteiger partial charge in [-0.15, -0.1) is 0 Å². The molecule has 0 atom stereocenters. The summed E-state index contributed by atoms with van der Waals surface area (Å²) in [5.41, 5.74) is 3.12. The van der Waals surface area contributed by atoms with E-state index in [4.69, 9.17) is 11.6 Å². The van der Waals surface area contributed by atoms with E-state index in [9.17, 15) is 4.79 Å². The lowest BCUT2D eigenvalue weighted by Gasteiger charge is -2.07. The fourth-order valence-electron chi connectivity index (χ4n) is 2.14. The van der Waals surface area contributed by atoms with E-state index in [1.165, 1.54) is 0 Å². The highest BCUT2D eigenvalue weighted by Gasteiger charge is 2.11. The van der Waals surface area contributed by atoms with Crippen molar-refractivity contribution in [2.45, 2.75) is 6.92 Å². The topological polar surface area (TPSA) is 44.9 Å². The monoisotopic (exact) mass is 284 g/mol. The molecule has 3 rings (SSSR count). The number of para-hydroxylation sites is 1. The van der Waals surface area contributed by atoms with Crippen LogP contribution in [-0.2, 0) is 0 Å². The molecule has 1 amide bonds. The lowest BCUT2D eigenvalue weighted by molar-refractivity contribution is 0.102. The number of H-pyrrole nitrogens is 1. The van der Waals surface area contributed by atoms with Crippen molar-refractivity contribution in [3.8, 4) is 0 Å². The Morgan fingerprint density at radius 3 is 2.85 bits per heavy atom. The van der Waals surface area contributed by atoms with Gasteiger partial charge in [0, 0.05) is 22.3 Å². The maximum atomic E-state index is 12.3. The fourth-order valence-corrected chi connectivity index (χ4v) is 2.32. The first-order chi connectivity index (χ1) is 9.65. The summed E-state index contributed by atoms with van der Waals surface area (Å²) in [6, 6.07) is 13.0. The number of anilines is 1. The van der Waals surface area contributed by atoms with E-state index in [1.54, 1.807) is 12.1 Å². The first-order valence-corrected chi connectivity index (χ1v) is 6.66. The van der Waals surface area contributed by atoms with Gasteiger partial charge in [0.1, 0.15) is 0 Å². The van der Waals surface area contributed by atoms with Crippen molar-refractivity contribution in [1.29, 1.82) is 0 Å². The van der Waals surface area contributed by atoms with Gasteiger partial charge in [-0.2, -0.15) is 0 Å². The molecule has 3 aromatic rings. The fraction of sp³-hybridized carbons (Fsp3) is 0.0625. The smallest absolute Gasteiger partial charge is 0.257 e. The lowest BCUT2D eigenvalue weighted by atomic mass is 10.1. The van der Waals surface area contributed by atoms with Gasteiger partial charge in [-0.3, -0.25) is 4.79 Å². The van der Waals surface area contributed by atoms with Gasteiger partial charge in [-0.1, -0.05) is 29.8 Å². The summed E-state index contributed by atoms with van der Waals surface area (Å²) >= 11 is 6.06. The number of hydrogen-bond acceptors (Lipinski definition) is 1. The van der Waals surface area contributed by atoms with Crippen LogP contribution >= 0.6 is 11.6 Å². The third kappa shape index (κ3) is 2.28. The van der Waals surface area contributed by atoms with Crippen molar-refractivity contribution in [3.05, 3.63) is 64.8 Å². The first kappa shape index (κ1) is 12.8. The van der Waals surface area contributed by atoms with Gasteiger partial charge in [-0.25, -0.2) is 0 Å². The Morgan fingerprint density at radius 1 is 1.20 bits per heavy atom. The predicted octanol–water partition coefficient (Wildman–Crippen LogP) is 4.38. The third-order valence-corrected chi connectivity index (χ3v) is 3.67. The molecule has 0 aliphatic carbocycles. The third-order valence-electron chi connectivity index (χ3n) is 3.26. The number of halogens is 1. The molecule has 0 aliphatic heterocycles. The van der Waals surface area contributed by atoms with Crippen molar-refractivity contribution in [2.24, 2.45) is 0 Å². The molecule has 0 saturated heterocycles. The average molecular weight is 285 g/mol. The minimum absolute atomic E-state index is 0.155. The minimum Gasteiger partial charge on any atom is -0.361 e. The van der Waals surface area contributed by atoms with Crippen LogP contribution in [-0.4, -0.2) is 10.9 Å². The van der Waals surface area contributed by atoms with E-state index in [0.717, 1.165) is 16.5 Å². The van der Waals surface area contributed by atoms with E-state index in [1.807, 2.05) is 43.5 Å². The number of rotatable bonds is 2. The molecule has 0 bridgehead atoms. The zero-order chi connectivity index (χ0) is 14.1. The number of carbonyl (C=O) groups excluding carboxylic acids is 1. The Morgan fingerprint density at radius 2 is 2.05 bits per heavy atom. The summed E-state index contributed by atoms with van der Waals surface area (Å²) < 4.78 is 0. The molecule has 0 fully saturated rings. The summed E-state index contributed by atoms with van der Waals surface area (Å²) in [6.07, 6.45) is 1.82. The second-order valence-electron chi connectivity index (χ2n) is 4.67. The number of nitrogens with one attached hydrogen (secondary N) is 2. The normalized spacial score (nSPS) is 10.7. The van der Waals surface area contributed by atoms with Gasteiger partial charge < -0.3 is 10.3 Å². The van der Waals surface area contributed by atoms with E-state index < -0.39 is 0 Å². The highest BCUT2D eigenvalue weighted by Crippen LogP contribution is 2.22. The maximum Gasteiger partial charge on any atom is 0.257 e. The Bertz CT molecular complexity index is 792. The Labute approximate surface area is 121 Å². The number of fused-ring (bicyclic) bond motifs is 1. The Kier molecular flexibility index (Phi) is 3.20. The summed E-state index contributed by atoms with van der Waals surface area (Å²) in [4.78, 5) is 15.4. The van der Waals surface area contributed by atoms with E-state index in [0.29, 0.717) is 16.3 Å². The van der Waals surface area contributed by atoms with Crippen molar-refractivity contribution in [2.75, 3.05) is 5.32 Å². The number of amides is 1. The summed E-state index contributed by atoms with van der Waals surface area (Å²) in [7, 11) is 0. The number of hydrogen-bond donors (Lipinski definition) is 2. The van der Waals surface area contributed by atoms with Crippen molar-refractivity contribution < 1.29 is 4.79 Å². The van der Waals surface area contributed by atoms with Gasteiger partial charge in [0.25, 0.3) is 5.91 Å². The van der Waals surface area contributed by atoms with Crippen LogP contribution in [0.3, 0.4) is 0 Å². The lowest BCUT2D eigenvalue weighted by Crippen LogP contribution is -2.12. The van der Waals surface area contributed by atoms with Crippen molar-refractivity contribution >= 4 is 34.1 Å². The van der Waals surface area contributed by atoms with E-state index >= 15 is 0 Å². The molecule has 2 aromatic carbocycles. The van der Waals surface area contributed by atoms with E-state index in [2.05, 4.69) is 10.3 Å². The van der Waals surface area contributed by atoms with Gasteiger partial charge in [0.2, 0.25) is 0 Å². The summed E-state index contributed by atoms with van der Waals surface area (Å²) in [5, 5.41) is 4.52. The molecule has 0 unspecified atom stereocenters. The zero-order valence-electron chi connectivity index (χ0n) is 10.9. The predicted molar refractivity (Wildman–Crippen MR) is 82.4 cm³/mol. The molecule has 1 heterocycles. The molecule has 1 aromatic heterocycles. The van der Waals surface area contributed by atoms with Crippen LogP contribution in [0.25, 0.3) is 10.9 Å². The number of carbonyl (C=O) groups is 1. The van der Waals surface area contributed by atoms with Crippen LogP contribution in [0.2, 0.25) is 5.02 Å². The molecule has 20 heavy (non-hydrogen) atoms. The molecule has 100 valence electrons. The average Bonchev–Trinajstić information content (AvgIpc) is 2.91. The number of aryl methyl sites for hydroxylation is 1. The summed E-state index contributed by atoms with van der Waals surface area (Å²) in [6.45, 7) is 1.92. The number of aromatic nitrogens is 1. The van der Waals surface area contributed by atoms with Crippen LogP contribution in [0.1, 0.15) is 15.9 Å². The van der Waals surface area contributed by atoms with Crippen molar-refractivity contribution in [1.82, 2.24) is 4.98 Å². The SMILES string of the molecule is Cc1ccc(NC(=O)c2cccc3cc[nH]c23)cc1Cl. The zero-order valence-corrected chi connectivity index (χ0v) is 11.7. The number of benzene rings is 2. The van der Waals surface area contributed by atoms with Crippen LogP contribution in [0.5, 0.6) is 0 Å².